The number of nitrogens with zero attached hydrogens (tertiary/aromatic N) is 1. The van der Waals surface area contributed by atoms with Gasteiger partial charge >= 0.3 is 12.1 Å². The monoisotopic (exact) mass is 305 g/mol. The SMILES string of the molecule is CCCN(CC(F)(F)F)c1ccc(C=CC(=O)O)cc1F. The van der Waals surface area contributed by atoms with Gasteiger partial charge in [0.2, 0.25) is 0 Å². The molecular formula is C14H15F4NO2. The molecule has 0 aliphatic heterocycles. The summed E-state index contributed by atoms with van der Waals surface area (Å²) in [5.74, 6) is -2.01. The van der Waals surface area contributed by atoms with Crippen LogP contribution in [0.25, 0.3) is 6.08 Å². The molecule has 21 heavy (non-hydrogen) atoms. The molecule has 0 aromatic heterocycles. The summed E-state index contributed by atoms with van der Waals surface area (Å²) in [5, 5.41) is 8.47. The third-order valence-electron chi connectivity index (χ3n) is 2.59. The van der Waals surface area contributed by atoms with Crippen molar-refractivity contribution in [2.75, 3.05) is 18.0 Å². The average Bonchev–Trinajstić information content (AvgIpc) is 2.34. The van der Waals surface area contributed by atoms with Crippen LogP contribution in [0, 0.1) is 5.82 Å². The van der Waals surface area contributed by atoms with Crippen LogP contribution in [0.5, 0.6) is 0 Å². The third kappa shape index (κ3) is 5.85. The van der Waals surface area contributed by atoms with E-state index in [1.807, 2.05) is 0 Å². The molecule has 7 heteroatoms. The molecule has 116 valence electrons. The molecule has 0 saturated carbocycles. The molecule has 0 atom stereocenters. The lowest BCUT2D eigenvalue weighted by molar-refractivity contribution is -0.131. The number of carbonyl (C=O) groups is 1. The molecule has 0 radical (unpaired) electrons. The average molecular weight is 305 g/mol. The van der Waals surface area contributed by atoms with E-state index in [0.717, 1.165) is 17.0 Å². The van der Waals surface area contributed by atoms with E-state index in [1.165, 1.54) is 18.2 Å². The van der Waals surface area contributed by atoms with Gasteiger partial charge in [0, 0.05) is 12.6 Å². The topological polar surface area (TPSA) is 40.5 Å². The van der Waals surface area contributed by atoms with Crippen LogP contribution in [-0.2, 0) is 4.79 Å². The Bertz CT molecular complexity index is 526. The van der Waals surface area contributed by atoms with Gasteiger partial charge in [-0.15, -0.1) is 0 Å². The van der Waals surface area contributed by atoms with E-state index in [9.17, 15) is 22.4 Å². The summed E-state index contributed by atoms with van der Waals surface area (Å²) in [5.41, 5.74) is 0.115. The molecule has 0 heterocycles. The first-order valence-corrected chi connectivity index (χ1v) is 6.25. The highest BCUT2D eigenvalue weighted by molar-refractivity contribution is 5.85. The quantitative estimate of drug-likeness (QED) is 0.643. The number of carboxylic acids is 1. The maximum atomic E-state index is 13.9. The molecule has 0 fully saturated rings. The zero-order valence-corrected chi connectivity index (χ0v) is 11.3. The van der Waals surface area contributed by atoms with Crippen LogP contribution >= 0.6 is 0 Å². The Morgan fingerprint density at radius 1 is 1.38 bits per heavy atom. The molecule has 0 spiro atoms. The molecule has 1 aromatic rings. The molecule has 1 aromatic carbocycles. The number of hydrogen-bond acceptors (Lipinski definition) is 2. The number of aliphatic carboxylic acids is 1. The smallest absolute Gasteiger partial charge is 0.405 e. The number of halogens is 4. The van der Waals surface area contributed by atoms with Crippen molar-refractivity contribution >= 4 is 17.7 Å². The summed E-state index contributed by atoms with van der Waals surface area (Å²) in [7, 11) is 0. The summed E-state index contributed by atoms with van der Waals surface area (Å²) in [6.45, 7) is 0.536. The van der Waals surface area contributed by atoms with Crippen LogP contribution < -0.4 is 4.90 Å². The lowest BCUT2D eigenvalue weighted by Gasteiger charge is -2.26. The van der Waals surface area contributed by atoms with E-state index >= 15 is 0 Å². The molecule has 0 bridgehead atoms. The van der Waals surface area contributed by atoms with Crippen molar-refractivity contribution in [3.8, 4) is 0 Å². The van der Waals surface area contributed by atoms with Crippen molar-refractivity contribution in [1.82, 2.24) is 0 Å². The molecule has 0 amide bonds. The van der Waals surface area contributed by atoms with Crippen molar-refractivity contribution in [3.05, 3.63) is 35.7 Å². The Morgan fingerprint density at radius 2 is 2.05 bits per heavy atom. The first-order chi connectivity index (χ1) is 9.73. The van der Waals surface area contributed by atoms with E-state index < -0.39 is 24.5 Å². The molecular weight excluding hydrogens is 290 g/mol. The molecule has 0 aliphatic rings. The minimum atomic E-state index is -4.43. The largest absolute Gasteiger partial charge is 0.478 e. The van der Waals surface area contributed by atoms with Crippen molar-refractivity contribution in [1.29, 1.82) is 0 Å². The second-order valence-corrected chi connectivity index (χ2v) is 4.42. The number of rotatable bonds is 6. The lowest BCUT2D eigenvalue weighted by atomic mass is 10.1. The number of anilines is 1. The van der Waals surface area contributed by atoms with Gasteiger partial charge in [-0.05, 0) is 30.2 Å². The Morgan fingerprint density at radius 3 is 2.52 bits per heavy atom. The van der Waals surface area contributed by atoms with E-state index in [1.54, 1.807) is 6.92 Å². The number of carboxylic acid groups (broad SMARTS) is 1. The van der Waals surface area contributed by atoms with Crippen molar-refractivity contribution in [2.45, 2.75) is 19.5 Å². The predicted molar refractivity (Wildman–Crippen MR) is 71.6 cm³/mol. The Balaban J connectivity index is 3.02. The predicted octanol–water partition coefficient (Wildman–Crippen LogP) is 3.70. The fourth-order valence-corrected chi connectivity index (χ4v) is 1.82. The molecule has 1 N–H and O–H groups in total. The van der Waals surface area contributed by atoms with Gasteiger partial charge in [-0.2, -0.15) is 13.2 Å². The Kier molecular flexibility index (Phi) is 5.75. The second kappa shape index (κ2) is 7.10. The van der Waals surface area contributed by atoms with E-state index in [-0.39, 0.29) is 17.8 Å². The fraction of sp³-hybridized carbons (Fsp3) is 0.357. The summed E-state index contributed by atoms with van der Waals surface area (Å²) >= 11 is 0. The minimum absolute atomic E-state index is 0.0702. The minimum Gasteiger partial charge on any atom is -0.478 e. The van der Waals surface area contributed by atoms with Gasteiger partial charge < -0.3 is 10.0 Å². The van der Waals surface area contributed by atoms with Gasteiger partial charge in [0.25, 0.3) is 0 Å². The standard InChI is InChI=1S/C14H15F4NO2/c1-2-7-19(9-14(16,17)18)12-5-3-10(8-11(12)15)4-6-13(20)21/h3-6,8H,2,7,9H2,1H3,(H,20,21). The maximum Gasteiger partial charge on any atom is 0.405 e. The molecule has 0 aliphatic carbocycles. The Labute approximate surface area is 119 Å². The van der Waals surface area contributed by atoms with Crippen LogP contribution in [0.1, 0.15) is 18.9 Å². The van der Waals surface area contributed by atoms with Gasteiger partial charge in [-0.3, -0.25) is 0 Å². The van der Waals surface area contributed by atoms with Gasteiger partial charge in [0.1, 0.15) is 12.4 Å². The number of alkyl halides is 3. The normalized spacial score (nSPS) is 11.9. The first-order valence-electron chi connectivity index (χ1n) is 6.25. The van der Waals surface area contributed by atoms with Gasteiger partial charge in [-0.1, -0.05) is 13.0 Å². The van der Waals surface area contributed by atoms with Crippen molar-refractivity contribution in [2.24, 2.45) is 0 Å². The summed E-state index contributed by atoms with van der Waals surface area (Å²) in [6.07, 6.45) is -1.99. The zero-order valence-electron chi connectivity index (χ0n) is 11.3. The van der Waals surface area contributed by atoms with Crippen molar-refractivity contribution < 1.29 is 27.5 Å². The highest BCUT2D eigenvalue weighted by Gasteiger charge is 2.31. The third-order valence-corrected chi connectivity index (χ3v) is 2.59. The first kappa shape index (κ1) is 17.0. The molecule has 3 nitrogen and oxygen atoms in total. The van der Waals surface area contributed by atoms with Crippen LogP contribution in [0.2, 0.25) is 0 Å². The van der Waals surface area contributed by atoms with E-state index in [0.29, 0.717) is 6.42 Å². The molecule has 0 unspecified atom stereocenters. The van der Waals surface area contributed by atoms with Gasteiger partial charge in [0.05, 0.1) is 5.69 Å². The van der Waals surface area contributed by atoms with Gasteiger partial charge in [-0.25, -0.2) is 9.18 Å². The molecule has 0 saturated heterocycles. The second-order valence-electron chi connectivity index (χ2n) is 4.42. The van der Waals surface area contributed by atoms with E-state index in [4.69, 9.17) is 5.11 Å². The fourth-order valence-electron chi connectivity index (χ4n) is 1.82. The van der Waals surface area contributed by atoms with E-state index in [2.05, 4.69) is 0 Å². The number of benzene rings is 1. The van der Waals surface area contributed by atoms with Crippen LogP contribution in [-0.4, -0.2) is 30.3 Å². The van der Waals surface area contributed by atoms with Gasteiger partial charge in [0.15, 0.2) is 0 Å². The van der Waals surface area contributed by atoms with Crippen molar-refractivity contribution in [3.63, 3.8) is 0 Å². The summed E-state index contributed by atoms with van der Waals surface area (Å²) in [4.78, 5) is 11.3. The van der Waals surface area contributed by atoms with Crippen LogP contribution in [0.4, 0.5) is 23.2 Å². The summed E-state index contributed by atoms with van der Waals surface area (Å²) < 4.78 is 51.4. The maximum absolute atomic E-state index is 13.9. The summed E-state index contributed by atoms with van der Waals surface area (Å²) in [6, 6.07) is 3.60. The zero-order chi connectivity index (χ0) is 16.0. The lowest BCUT2D eigenvalue weighted by Crippen LogP contribution is -2.35. The molecule has 1 rings (SSSR count). The van der Waals surface area contributed by atoms with Crippen LogP contribution in [0.3, 0.4) is 0 Å². The number of hydrogen-bond donors (Lipinski definition) is 1. The highest BCUT2D eigenvalue weighted by atomic mass is 19.4. The highest BCUT2D eigenvalue weighted by Crippen LogP contribution is 2.26. The van der Waals surface area contributed by atoms with Crippen LogP contribution in [0.15, 0.2) is 24.3 Å². The Hall–Kier alpha value is -2.05.